The summed E-state index contributed by atoms with van der Waals surface area (Å²) in [5, 5.41) is 1.23. The normalized spacial score (nSPS) is 10.4. The molecule has 0 spiro atoms. The fourth-order valence-electron chi connectivity index (χ4n) is 2.42. The minimum atomic E-state index is 0. The predicted molar refractivity (Wildman–Crippen MR) is 113 cm³/mol. The molecule has 2 aromatic heterocycles. The Labute approximate surface area is 154 Å². The van der Waals surface area contributed by atoms with Crippen molar-refractivity contribution in [1.29, 1.82) is 0 Å². The molecule has 0 aliphatic carbocycles. The van der Waals surface area contributed by atoms with Crippen LogP contribution in [0.25, 0.3) is 10.9 Å². The molecule has 2 nitrogen and oxygen atoms in total. The molecular formula is C22H31BN2. The van der Waals surface area contributed by atoms with Crippen molar-refractivity contribution in [2.75, 3.05) is 0 Å². The SMILES string of the molecule is B.CC(C)c1cncc(C(C)C)c1.CCc1cnc2ccccc2c1. The number of fused-ring (bicyclic) bond motifs is 1. The van der Waals surface area contributed by atoms with Gasteiger partial charge in [0.1, 0.15) is 0 Å². The van der Waals surface area contributed by atoms with Crippen LogP contribution in [0.2, 0.25) is 0 Å². The van der Waals surface area contributed by atoms with Gasteiger partial charge in [-0.2, -0.15) is 0 Å². The zero-order valence-electron chi connectivity index (χ0n) is 15.5. The lowest BCUT2D eigenvalue weighted by Crippen LogP contribution is -1.94. The summed E-state index contributed by atoms with van der Waals surface area (Å²) < 4.78 is 0. The fourth-order valence-corrected chi connectivity index (χ4v) is 2.42. The van der Waals surface area contributed by atoms with Crippen molar-refractivity contribution < 1.29 is 0 Å². The number of aromatic nitrogens is 2. The maximum atomic E-state index is 4.35. The van der Waals surface area contributed by atoms with E-state index in [4.69, 9.17) is 0 Å². The first kappa shape index (κ1) is 20.9. The Morgan fingerprint density at radius 2 is 1.44 bits per heavy atom. The van der Waals surface area contributed by atoms with Crippen LogP contribution >= 0.6 is 0 Å². The quantitative estimate of drug-likeness (QED) is 0.634. The van der Waals surface area contributed by atoms with Crippen LogP contribution in [0.15, 0.2) is 55.0 Å². The molecule has 0 bridgehead atoms. The minimum absolute atomic E-state index is 0. The van der Waals surface area contributed by atoms with Crippen LogP contribution < -0.4 is 0 Å². The molecule has 3 aromatic rings. The monoisotopic (exact) mass is 334 g/mol. The summed E-state index contributed by atoms with van der Waals surface area (Å²) in [4.78, 5) is 8.58. The number of aryl methyl sites for hydroxylation is 1. The largest absolute Gasteiger partial charge is 0.264 e. The van der Waals surface area contributed by atoms with E-state index >= 15 is 0 Å². The molecule has 0 fully saturated rings. The highest BCUT2D eigenvalue weighted by Crippen LogP contribution is 2.19. The van der Waals surface area contributed by atoms with Gasteiger partial charge in [-0.3, -0.25) is 9.97 Å². The van der Waals surface area contributed by atoms with Crippen LogP contribution in [0.1, 0.15) is 63.1 Å². The first-order valence-corrected chi connectivity index (χ1v) is 8.79. The van der Waals surface area contributed by atoms with E-state index in [9.17, 15) is 0 Å². The first-order chi connectivity index (χ1) is 11.5. The molecule has 0 aliphatic heterocycles. The first-order valence-electron chi connectivity index (χ1n) is 8.79. The van der Waals surface area contributed by atoms with Crippen molar-refractivity contribution in [2.45, 2.75) is 52.9 Å². The summed E-state index contributed by atoms with van der Waals surface area (Å²) in [6.07, 6.45) is 6.91. The Hall–Kier alpha value is -2.16. The third-order valence-corrected chi connectivity index (χ3v) is 4.17. The van der Waals surface area contributed by atoms with Crippen molar-refractivity contribution >= 4 is 19.3 Å². The molecule has 0 aliphatic rings. The van der Waals surface area contributed by atoms with E-state index in [1.807, 2.05) is 36.8 Å². The third-order valence-electron chi connectivity index (χ3n) is 4.17. The average Bonchev–Trinajstić information content (AvgIpc) is 2.61. The van der Waals surface area contributed by atoms with Gasteiger partial charge in [0, 0.05) is 24.0 Å². The summed E-state index contributed by atoms with van der Waals surface area (Å²) >= 11 is 0. The van der Waals surface area contributed by atoms with Gasteiger partial charge in [-0.1, -0.05) is 58.9 Å². The summed E-state index contributed by atoms with van der Waals surface area (Å²) in [5.74, 6) is 1.16. The van der Waals surface area contributed by atoms with E-state index in [0.717, 1.165) is 11.9 Å². The number of rotatable bonds is 3. The van der Waals surface area contributed by atoms with Gasteiger partial charge in [-0.05, 0) is 47.1 Å². The molecule has 0 saturated heterocycles. The third kappa shape index (κ3) is 6.01. The van der Waals surface area contributed by atoms with Gasteiger partial charge >= 0.3 is 0 Å². The van der Waals surface area contributed by atoms with Crippen LogP contribution in [0.4, 0.5) is 0 Å². The second kappa shape index (κ2) is 9.98. The average molecular weight is 334 g/mol. The van der Waals surface area contributed by atoms with Crippen LogP contribution in [-0.4, -0.2) is 18.4 Å². The van der Waals surface area contributed by atoms with Crippen molar-refractivity contribution in [2.24, 2.45) is 0 Å². The smallest absolute Gasteiger partial charge is 0.0814 e. The number of hydrogen-bond acceptors (Lipinski definition) is 2. The summed E-state index contributed by atoms with van der Waals surface area (Å²) in [6.45, 7) is 10.9. The van der Waals surface area contributed by atoms with Gasteiger partial charge in [0.05, 0.1) is 13.9 Å². The van der Waals surface area contributed by atoms with E-state index < -0.39 is 0 Å². The van der Waals surface area contributed by atoms with Gasteiger partial charge in [0.25, 0.3) is 0 Å². The maximum Gasteiger partial charge on any atom is 0.0814 e. The van der Waals surface area contributed by atoms with Gasteiger partial charge in [-0.15, -0.1) is 0 Å². The number of hydrogen-bond donors (Lipinski definition) is 0. The fraction of sp³-hybridized carbons (Fsp3) is 0.364. The molecule has 0 saturated carbocycles. The van der Waals surface area contributed by atoms with Crippen molar-refractivity contribution in [1.82, 2.24) is 9.97 Å². The maximum absolute atomic E-state index is 4.35. The van der Waals surface area contributed by atoms with Crippen molar-refractivity contribution in [3.05, 3.63) is 71.7 Å². The molecule has 1 aromatic carbocycles. The van der Waals surface area contributed by atoms with Crippen molar-refractivity contribution in [3.8, 4) is 0 Å². The summed E-state index contributed by atoms with van der Waals surface area (Å²) in [5.41, 5.74) is 5.05. The van der Waals surface area contributed by atoms with Crippen LogP contribution in [0, 0.1) is 0 Å². The molecule has 132 valence electrons. The Balaban J connectivity index is 0.000000240. The van der Waals surface area contributed by atoms with E-state index in [1.165, 1.54) is 22.1 Å². The molecule has 0 unspecified atom stereocenters. The van der Waals surface area contributed by atoms with Gasteiger partial charge in [0.2, 0.25) is 0 Å². The van der Waals surface area contributed by atoms with E-state index in [1.54, 1.807) is 0 Å². The van der Waals surface area contributed by atoms with Crippen LogP contribution in [-0.2, 0) is 6.42 Å². The van der Waals surface area contributed by atoms with Gasteiger partial charge in [0.15, 0.2) is 0 Å². The van der Waals surface area contributed by atoms with Gasteiger partial charge in [-0.25, -0.2) is 0 Å². The lowest BCUT2D eigenvalue weighted by Gasteiger charge is -2.09. The number of nitrogens with zero attached hydrogens (tertiary/aromatic N) is 2. The van der Waals surface area contributed by atoms with E-state index in [-0.39, 0.29) is 8.41 Å². The summed E-state index contributed by atoms with van der Waals surface area (Å²) in [7, 11) is 0. The van der Waals surface area contributed by atoms with E-state index in [0.29, 0.717) is 11.8 Å². The number of benzene rings is 1. The predicted octanol–water partition coefficient (Wildman–Crippen LogP) is 4.94. The second-order valence-electron chi connectivity index (χ2n) is 6.75. The Kier molecular flexibility index (Phi) is 8.34. The Morgan fingerprint density at radius 3 is 2.00 bits per heavy atom. The number of para-hydroxylation sites is 1. The minimum Gasteiger partial charge on any atom is -0.264 e. The molecular weight excluding hydrogens is 303 g/mol. The Bertz CT molecular complexity index is 758. The lowest BCUT2D eigenvalue weighted by molar-refractivity contribution is 0.820. The molecule has 2 heterocycles. The number of pyridine rings is 2. The molecule has 3 rings (SSSR count). The molecule has 0 radical (unpaired) electrons. The zero-order valence-corrected chi connectivity index (χ0v) is 15.5. The molecule has 3 heteroatoms. The second-order valence-corrected chi connectivity index (χ2v) is 6.75. The Morgan fingerprint density at radius 1 is 0.840 bits per heavy atom. The van der Waals surface area contributed by atoms with E-state index in [2.05, 4.69) is 62.8 Å². The van der Waals surface area contributed by atoms with Crippen molar-refractivity contribution in [3.63, 3.8) is 0 Å². The highest BCUT2D eigenvalue weighted by Gasteiger charge is 2.03. The highest BCUT2D eigenvalue weighted by atomic mass is 14.6. The van der Waals surface area contributed by atoms with Crippen LogP contribution in [0.3, 0.4) is 0 Å². The van der Waals surface area contributed by atoms with Gasteiger partial charge < -0.3 is 0 Å². The molecule has 0 atom stereocenters. The van der Waals surface area contributed by atoms with Crippen LogP contribution in [0.5, 0.6) is 0 Å². The topological polar surface area (TPSA) is 25.8 Å². The molecule has 25 heavy (non-hydrogen) atoms. The lowest BCUT2D eigenvalue weighted by atomic mass is 9.99. The zero-order chi connectivity index (χ0) is 17.5. The molecule has 0 amide bonds. The molecule has 0 N–H and O–H groups in total. The highest BCUT2D eigenvalue weighted by molar-refractivity contribution is 5.78. The summed E-state index contributed by atoms with van der Waals surface area (Å²) in [6, 6.07) is 12.6. The standard InChI is InChI=1S/C11H11N.C11H17N.BH3/c1-2-9-7-10-5-3-4-6-11(10)12-8-9;1-8(2)10-5-11(9(3)4)7-12-6-10;/h3-8H,2H2,1H3;5-9H,1-4H3;1H3.